The molecule has 1 fully saturated rings. The topological polar surface area (TPSA) is 93.8 Å². The summed E-state index contributed by atoms with van der Waals surface area (Å²) < 4.78 is 1.62. The molecule has 0 aromatic carbocycles. The Morgan fingerprint density at radius 3 is 2.84 bits per heavy atom. The first-order chi connectivity index (χ1) is 9.06. The Morgan fingerprint density at radius 1 is 1.47 bits per heavy atom. The van der Waals surface area contributed by atoms with Gasteiger partial charge in [-0.1, -0.05) is 0 Å². The van der Waals surface area contributed by atoms with E-state index in [1.165, 1.54) is 0 Å². The Hall–Kier alpha value is -2.31. The first kappa shape index (κ1) is 11.8. The first-order valence-corrected chi connectivity index (χ1v) is 6.02. The van der Waals surface area contributed by atoms with E-state index < -0.39 is 5.97 Å². The van der Waals surface area contributed by atoms with Crippen LogP contribution in [0.15, 0.2) is 12.3 Å². The fraction of sp³-hybridized carbons (Fsp3) is 0.417. The third-order valence-electron chi connectivity index (χ3n) is 3.29. The monoisotopic (exact) mass is 259 g/mol. The molecule has 1 saturated carbocycles. The normalized spacial score (nSPS) is 21.4. The van der Waals surface area contributed by atoms with Gasteiger partial charge >= 0.3 is 5.97 Å². The Bertz CT molecular complexity index is 651. The molecule has 2 heterocycles. The van der Waals surface area contributed by atoms with Crippen molar-refractivity contribution in [3.63, 3.8) is 0 Å². The van der Waals surface area contributed by atoms with E-state index in [0.29, 0.717) is 18.1 Å². The first-order valence-electron chi connectivity index (χ1n) is 6.02. The Balaban J connectivity index is 1.93. The molecule has 1 aliphatic rings. The van der Waals surface area contributed by atoms with Crippen molar-refractivity contribution < 1.29 is 9.90 Å². The van der Waals surface area contributed by atoms with Crippen LogP contribution >= 0.6 is 0 Å². The van der Waals surface area contributed by atoms with Crippen LogP contribution in [0.1, 0.15) is 29.6 Å². The lowest BCUT2D eigenvalue weighted by molar-refractivity contribution is -0.138. The molecule has 2 aromatic heterocycles. The minimum Gasteiger partial charge on any atom is -0.481 e. The second-order valence-electron chi connectivity index (χ2n) is 4.75. The van der Waals surface area contributed by atoms with Crippen LogP contribution in [-0.4, -0.2) is 36.0 Å². The maximum atomic E-state index is 10.9. The van der Waals surface area contributed by atoms with Gasteiger partial charge in [-0.2, -0.15) is 9.78 Å². The van der Waals surface area contributed by atoms with Crippen LogP contribution < -0.4 is 0 Å². The Kier molecular flexibility index (Phi) is 2.55. The molecular formula is C12H13N5O2. The molecule has 2 aromatic rings. The van der Waals surface area contributed by atoms with Gasteiger partial charge in [-0.3, -0.25) is 4.79 Å². The lowest BCUT2D eigenvalue weighted by atomic mass is 10.1. The average molecular weight is 259 g/mol. The maximum Gasteiger partial charge on any atom is 0.307 e. The minimum atomic E-state index is -0.754. The highest BCUT2D eigenvalue weighted by Crippen LogP contribution is 2.47. The quantitative estimate of drug-likeness (QED) is 0.878. The van der Waals surface area contributed by atoms with Crippen molar-refractivity contribution in [3.05, 3.63) is 29.5 Å². The van der Waals surface area contributed by atoms with Crippen molar-refractivity contribution in [2.45, 2.75) is 26.2 Å². The van der Waals surface area contributed by atoms with E-state index in [1.807, 2.05) is 19.9 Å². The van der Waals surface area contributed by atoms with Crippen LogP contribution in [-0.2, 0) is 4.79 Å². The fourth-order valence-corrected chi connectivity index (χ4v) is 2.25. The molecule has 3 rings (SSSR count). The van der Waals surface area contributed by atoms with Gasteiger partial charge in [0.15, 0.2) is 5.82 Å². The predicted octanol–water partition coefficient (Wildman–Crippen LogP) is 0.862. The van der Waals surface area contributed by atoms with E-state index in [2.05, 4.69) is 20.3 Å². The van der Waals surface area contributed by atoms with E-state index in [9.17, 15) is 4.79 Å². The van der Waals surface area contributed by atoms with Crippen LogP contribution in [0, 0.1) is 19.8 Å². The zero-order chi connectivity index (χ0) is 13.6. The second-order valence-corrected chi connectivity index (χ2v) is 4.75. The molecule has 0 radical (unpaired) electrons. The summed E-state index contributed by atoms with van der Waals surface area (Å²) in [6.07, 6.45) is 2.28. The van der Waals surface area contributed by atoms with Crippen molar-refractivity contribution in [3.8, 4) is 5.82 Å². The van der Waals surface area contributed by atoms with Gasteiger partial charge in [0, 0.05) is 0 Å². The number of hydrogen-bond acceptors (Lipinski definition) is 5. The number of carboxylic acids is 1. The molecule has 98 valence electrons. The molecule has 0 spiro atoms. The summed E-state index contributed by atoms with van der Waals surface area (Å²) in [6, 6.07) is 1.84. The maximum absolute atomic E-state index is 10.9. The van der Waals surface area contributed by atoms with E-state index in [0.717, 1.165) is 11.4 Å². The summed E-state index contributed by atoms with van der Waals surface area (Å²) >= 11 is 0. The minimum absolute atomic E-state index is 0.0386. The number of nitrogens with zero attached hydrogens (tertiary/aromatic N) is 5. The molecule has 1 N–H and O–H groups in total. The predicted molar refractivity (Wildman–Crippen MR) is 64.9 cm³/mol. The van der Waals surface area contributed by atoms with Crippen molar-refractivity contribution in [2.75, 3.05) is 0 Å². The van der Waals surface area contributed by atoms with Gasteiger partial charge in [-0.05, 0) is 37.8 Å². The summed E-state index contributed by atoms with van der Waals surface area (Å²) in [5.41, 5.74) is 0.893. The molecule has 2 unspecified atom stereocenters. The van der Waals surface area contributed by atoms with Gasteiger partial charge < -0.3 is 5.11 Å². The van der Waals surface area contributed by atoms with E-state index in [-0.39, 0.29) is 11.8 Å². The van der Waals surface area contributed by atoms with Gasteiger partial charge in [0.05, 0.1) is 12.1 Å². The molecule has 7 heteroatoms. The molecule has 0 bridgehead atoms. The Morgan fingerprint density at radius 2 is 2.26 bits per heavy atom. The third-order valence-corrected chi connectivity index (χ3v) is 3.29. The molecule has 7 nitrogen and oxygen atoms in total. The number of carboxylic acid groups (broad SMARTS) is 1. The lowest BCUT2D eigenvalue weighted by Crippen LogP contribution is -2.05. The highest BCUT2D eigenvalue weighted by Gasteiger charge is 2.44. The number of aromatic nitrogens is 5. The van der Waals surface area contributed by atoms with Crippen molar-refractivity contribution in [1.82, 2.24) is 25.0 Å². The Labute approximate surface area is 109 Å². The van der Waals surface area contributed by atoms with E-state index in [4.69, 9.17) is 5.11 Å². The standard InChI is InChI=1S/C12H13N5O2/c1-6-14-7(2)17(16-6)11-3-8(5-13-15-11)9-4-10(9)12(18)19/h3,5,9-10H,4H2,1-2H3,(H,18,19). The van der Waals surface area contributed by atoms with Crippen LogP contribution in [0.25, 0.3) is 5.82 Å². The zero-order valence-corrected chi connectivity index (χ0v) is 10.6. The SMILES string of the molecule is Cc1nc(C)n(-c2cc(C3CC3C(=O)O)cnn2)n1. The second kappa shape index (κ2) is 4.11. The average Bonchev–Trinajstić information content (AvgIpc) is 3.10. The summed E-state index contributed by atoms with van der Waals surface area (Å²) in [4.78, 5) is 15.1. The van der Waals surface area contributed by atoms with Crippen LogP contribution in [0.5, 0.6) is 0 Å². The molecule has 2 atom stereocenters. The third kappa shape index (κ3) is 2.07. The summed E-state index contributed by atoms with van der Waals surface area (Å²) in [6.45, 7) is 3.65. The molecule has 0 amide bonds. The van der Waals surface area contributed by atoms with Crippen molar-refractivity contribution >= 4 is 5.97 Å². The van der Waals surface area contributed by atoms with Gasteiger partial charge in [-0.25, -0.2) is 4.98 Å². The van der Waals surface area contributed by atoms with Gasteiger partial charge in [-0.15, -0.1) is 10.2 Å². The highest BCUT2D eigenvalue weighted by atomic mass is 16.4. The number of carbonyl (C=O) groups is 1. The molecule has 0 aliphatic heterocycles. The zero-order valence-electron chi connectivity index (χ0n) is 10.6. The summed E-state index contributed by atoms with van der Waals surface area (Å²) in [7, 11) is 0. The van der Waals surface area contributed by atoms with Crippen molar-refractivity contribution in [1.29, 1.82) is 0 Å². The van der Waals surface area contributed by atoms with Crippen LogP contribution in [0.2, 0.25) is 0 Å². The molecule has 0 saturated heterocycles. The van der Waals surface area contributed by atoms with Crippen LogP contribution in [0.3, 0.4) is 0 Å². The molecular weight excluding hydrogens is 246 g/mol. The van der Waals surface area contributed by atoms with E-state index >= 15 is 0 Å². The number of aliphatic carboxylic acids is 1. The fourth-order valence-electron chi connectivity index (χ4n) is 2.25. The van der Waals surface area contributed by atoms with Gasteiger partial charge in [0.2, 0.25) is 0 Å². The number of aryl methyl sites for hydroxylation is 2. The van der Waals surface area contributed by atoms with Crippen molar-refractivity contribution in [2.24, 2.45) is 5.92 Å². The van der Waals surface area contributed by atoms with Crippen LogP contribution in [0.4, 0.5) is 0 Å². The summed E-state index contributed by atoms with van der Waals surface area (Å²) in [5, 5.41) is 21.2. The molecule has 1 aliphatic carbocycles. The number of rotatable bonds is 3. The number of hydrogen-bond donors (Lipinski definition) is 1. The highest BCUT2D eigenvalue weighted by molar-refractivity contribution is 5.75. The largest absolute Gasteiger partial charge is 0.481 e. The lowest BCUT2D eigenvalue weighted by Gasteiger charge is -2.03. The van der Waals surface area contributed by atoms with Gasteiger partial charge in [0.1, 0.15) is 11.6 Å². The van der Waals surface area contributed by atoms with Gasteiger partial charge in [0.25, 0.3) is 0 Å². The molecule has 19 heavy (non-hydrogen) atoms. The summed E-state index contributed by atoms with van der Waals surface area (Å²) in [5.74, 6) is 0.962. The van der Waals surface area contributed by atoms with E-state index in [1.54, 1.807) is 10.9 Å². The smallest absolute Gasteiger partial charge is 0.307 e.